The molecule has 2 N–H and O–H groups in total. The van der Waals surface area contributed by atoms with E-state index >= 15 is 0 Å². The average molecular weight is 187 g/mol. The Morgan fingerprint density at radius 3 is 2.23 bits per heavy atom. The number of hydrogen-bond acceptors (Lipinski definition) is 2. The van der Waals surface area contributed by atoms with Crippen molar-refractivity contribution in [2.75, 3.05) is 13.2 Å². The Hall–Kier alpha value is -0.0800. The van der Waals surface area contributed by atoms with Gasteiger partial charge in [0, 0.05) is 5.54 Å². The molecule has 0 spiro atoms. The molecule has 0 saturated carbocycles. The van der Waals surface area contributed by atoms with Crippen LogP contribution in [0.15, 0.2) is 0 Å². The molecule has 0 amide bonds. The largest absolute Gasteiger partial charge is 0.394 e. The van der Waals surface area contributed by atoms with E-state index in [-0.39, 0.29) is 12.1 Å². The lowest BCUT2D eigenvalue weighted by Crippen LogP contribution is -2.48. The molecule has 0 aromatic heterocycles. The molecule has 1 atom stereocenters. The van der Waals surface area contributed by atoms with Crippen LogP contribution in [0.4, 0.5) is 0 Å². The van der Waals surface area contributed by atoms with Crippen LogP contribution >= 0.6 is 0 Å². The minimum Gasteiger partial charge on any atom is -0.394 e. The third kappa shape index (κ3) is 4.63. The number of hydrogen-bond donors (Lipinski definition) is 2. The Morgan fingerprint density at radius 2 is 1.85 bits per heavy atom. The molecule has 0 aliphatic carbocycles. The van der Waals surface area contributed by atoms with E-state index in [2.05, 4.69) is 26.1 Å². The van der Waals surface area contributed by atoms with Gasteiger partial charge in [-0.25, -0.2) is 0 Å². The zero-order chi connectivity index (χ0) is 10.2. The van der Waals surface area contributed by atoms with Crippen molar-refractivity contribution in [3.8, 4) is 0 Å². The molecule has 1 unspecified atom stereocenters. The van der Waals surface area contributed by atoms with Crippen LogP contribution in [0.1, 0.15) is 52.9 Å². The quantitative estimate of drug-likeness (QED) is 0.611. The lowest BCUT2D eigenvalue weighted by atomic mass is 9.90. The van der Waals surface area contributed by atoms with Crippen LogP contribution in [-0.2, 0) is 0 Å². The van der Waals surface area contributed by atoms with Gasteiger partial charge in [0.1, 0.15) is 0 Å². The lowest BCUT2D eigenvalue weighted by molar-refractivity contribution is 0.144. The molecule has 0 saturated heterocycles. The first-order valence-corrected chi connectivity index (χ1v) is 5.60. The fraction of sp³-hybridized carbons (Fsp3) is 1.00. The highest BCUT2D eigenvalue weighted by molar-refractivity contribution is 4.85. The number of aliphatic hydroxyl groups excluding tert-OH is 1. The minimum atomic E-state index is -0.00792. The van der Waals surface area contributed by atoms with Crippen LogP contribution in [0.2, 0.25) is 0 Å². The molecular formula is C11H25NO. The van der Waals surface area contributed by atoms with Crippen LogP contribution in [0.5, 0.6) is 0 Å². The summed E-state index contributed by atoms with van der Waals surface area (Å²) >= 11 is 0. The van der Waals surface area contributed by atoms with E-state index in [9.17, 15) is 5.11 Å². The van der Waals surface area contributed by atoms with E-state index < -0.39 is 0 Å². The topological polar surface area (TPSA) is 32.3 Å². The van der Waals surface area contributed by atoms with Crippen molar-refractivity contribution < 1.29 is 5.11 Å². The third-order valence-corrected chi connectivity index (χ3v) is 2.74. The summed E-state index contributed by atoms with van der Waals surface area (Å²) in [7, 11) is 0. The molecular weight excluding hydrogens is 162 g/mol. The number of unbranched alkanes of at least 4 members (excludes halogenated alkanes) is 1. The van der Waals surface area contributed by atoms with Gasteiger partial charge in [-0.2, -0.15) is 0 Å². The van der Waals surface area contributed by atoms with E-state index in [1.165, 1.54) is 12.8 Å². The first kappa shape index (κ1) is 12.9. The maximum absolute atomic E-state index is 9.37. The number of aliphatic hydroxyl groups is 1. The van der Waals surface area contributed by atoms with Gasteiger partial charge in [-0.15, -0.1) is 0 Å². The Labute approximate surface area is 82.7 Å². The first-order valence-electron chi connectivity index (χ1n) is 5.60. The molecule has 0 aromatic rings. The standard InChI is InChI=1S/C11H25NO/c1-4-7-8-11(6-3,10-13)12-9-5-2/h12-13H,4-10H2,1-3H3. The zero-order valence-corrected chi connectivity index (χ0v) is 9.40. The molecule has 0 heterocycles. The smallest absolute Gasteiger partial charge is 0.0613 e. The predicted octanol–water partition coefficient (Wildman–Crippen LogP) is 2.32. The van der Waals surface area contributed by atoms with Crippen molar-refractivity contribution >= 4 is 0 Å². The summed E-state index contributed by atoms with van der Waals surface area (Å²) in [6, 6.07) is 0. The monoisotopic (exact) mass is 187 g/mol. The SMILES string of the molecule is CCCCC(CC)(CO)NCCC. The normalized spacial score (nSPS) is 15.7. The second-order valence-electron chi connectivity index (χ2n) is 3.82. The van der Waals surface area contributed by atoms with Gasteiger partial charge in [0.15, 0.2) is 0 Å². The van der Waals surface area contributed by atoms with Crippen LogP contribution in [0.25, 0.3) is 0 Å². The van der Waals surface area contributed by atoms with E-state index in [1.54, 1.807) is 0 Å². The summed E-state index contributed by atoms with van der Waals surface area (Å²) in [5.74, 6) is 0. The van der Waals surface area contributed by atoms with Gasteiger partial charge in [-0.3, -0.25) is 0 Å². The van der Waals surface area contributed by atoms with Crippen molar-refractivity contribution in [3.63, 3.8) is 0 Å². The van der Waals surface area contributed by atoms with Crippen molar-refractivity contribution in [3.05, 3.63) is 0 Å². The maximum atomic E-state index is 9.37. The Kier molecular flexibility index (Phi) is 7.29. The third-order valence-electron chi connectivity index (χ3n) is 2.74. The van der Waals surface area contributed by atoms with Crippen LogP contribution in [0, 0.1) is 0 Å². The molecule has 2 nitrogen and oxygen atoms in total. The van der Waals surface area contributed by atoms with Crippen molar-refractivity contribution in [2.24, 2.45) is 0 Å². The second-order valence-corrected chi connectivity index (χ2v) is 3.82. The van der Waals surface area contributed by atoms with Gasteiger partial charge in [0.2, 0.25) is 0 Å². The van der Waals surface area contributed by atoms with E-state index in [0.717, 1.165) is 25.8 Å². The van der Waals surface area contributed by atoms with Crippen LogP contribution < -0.4 is 5.32 Å². The Morgan fingerprint density at radius 1 is 1.15 bits per heavy atom. The summed E-state index contributed by atoms with van der Waals surface area (Å²) in [5, 5.41) is 12.8. The van der Waals surface area contributed by atoms with Crippen molar-refractivity contribution in [2.45, 2.75) is 58.4 Å². The van der Waals surface area contributed by atoms with E-state index in [1.807, 2.05) is 0 Å². The maximum Gasteiger partial charge on any atom is 0.0613 e. The summed E-state index contributed by atoms with van der Waals surface area (Å²) in [4.78, 5) is 0. The van der Waals surface area contributed by atoms with Gasteiger partial charge in [0.25, 0.3) is 0 Å². The fourth-order valence-corrected chi connectivity index (χ4v) is 1.54. The fourth-order valence-electron chi connectivity index (χ4n) is 1.54. The number of nitrogens with one attached hydrogen (secondary N) is 1. The highest BCUT2D eigenvalue weighted by Gasteiger charge is 2.24. The molecule has 13 heavy (non-hydrogen) atoms. The molecule has 2 heteroatoms. The van der Waals surface area contributed by atoms with Gasteiger partial charge >= 0.3 is 0 Å². The molecule has 0 rings (SSSR count). The molecule has 0 aliphatic heterocycles. The van der Waals surface area contributed by atoms with Gasteiger partial charge in [-0.05, 0) is 25.8 Å². The summed E-state index contributed by atoms with van der Waals surface area (Å²) in [5.41, 5.74) is -0.00792. The molecule has 0 aromatic carbocycles. The highest BCUT2D eigenvalue weighted by Crippen LogP contribution is 2.17. The van der Waals surface area contributed by atoms with Crippen molar-refractivity contribution in [1.82, 2.24) is 5.32 Å². The minimum absolute atomic E-state index is 0.00792. The van der Waals surface area contributed by atoms with Crippen molar-refractivity contribution in [1.29, 1.82) is 0 Å². The Bertz CT molecular complexity index is 101. The predicted molar refractivity (Wildman–Crippen MR) is 57.9 cm³/mol. The van der Waals surface area contributed by atoms with Gasteiger partial charge in [-0.1, -0.05) is 33.6 Å². The molecule has 80 valence electrons. The molecule has 0 radical (unpaired) electrons. The zero-order valence-electron chi connectivity index (χ0n) is 9.40. The van der Waals surface area contributed by atoms with E-state index in [4.69, 9.17) is 0 Å². The number of rotatable bonds is 8. The molecule has 0 fully saturated rings. The van der Waals surface area contributed by atoms with Gasteiger partial charge in [0.05, 0.1) is 6.61 Å². The van der Waals surface area contributed by atoms with Gasteiger partial charge < -0.3 is 10.4 Å². The highest BCUT2D eigenvalue weighted by atomic mass is 16.3. The second kappa shape index (κ2) is 7.34. The summed E-state index contributed by atoms with van der Waals surface area (Å²) in [6.45, 7) is 7.78. The average Bonchev–Trinajstić information content (AvgIpc) is 2.20. The summed E-state index contributed by atoms with van der Waals surface area (Å²) < 4.78 is 0. The van der Waals surface area contributed by atoms with E-state index in [0.29, 0.717) is 0 Å². The Balaban J connectivity index is 3.97. The first-order chi connectivity index (χ1) is 6.24. The van der Waals surface area contributed by atoms with Crippen LogP contribution in [0.3, 0.4) is 0 Å². The molecule has 0 bridgehead atoms. The molecule has 0 aliphatic rings. The lowest BCUT2D eigenvalue weighted by Gasteiger charge is -2.32. The van der Waals surface area contributed by atoms with Crippen LogP contribution in [-0.4, -0.2) is 23.8 Å². The summed E-state index contributed by atoms with van der Waals surface area (Å²) in [6.07, 6.45) is 5.65.